The fourth-order valence-corrected chi connectivity index (χ4v) is 2.53. The van der Waals surface area contributed by atoms with Crippen molar-refractivity contribution in [3.05, 3.63) is 22.7 Å². The van der Waals surface area contributed by atoms with Crippen molar-refractivity contribution < 1.29 is 19.1 Å². The van der Waals surface area contributed by atoms with Crippen molar-refractivity contribution >= 4 is 23.4 Å². The lowest BCUT2D eigenvalue weighted by Crippen LogP contribution is -2.47. The zero-order valence-electron chi connectivity index (χ0n) is 12.6. The molecule has 2 amide bonds. The van der Waals surface area contributed by atoms with E-state index in [1.807, 2.05) is 6.92 Å². The van der Waals surface area contributed by atoms with Crippen LogP contribution in [-0.2, 0) is 4.79 Å². The van der Waals surface area contributed by atoms with Crippen LogP contribution in [0.1, 0.15) is 30.1 Å². The molecule has 0 radical (unpaired) electrons. The third-order valence-electron chi connectivity index (χ3n) is 3.38. The first-order chi connectivity index (χ1) is 10.5. The summed E-state index contributed by atoms with van der Waals surface area (Å²) in [6, 6.07) is 3.06. The summed E-state index contributed by atoms with van der Waals surface area (Å²) in [4.78, 5) is 23.4. The highest BCUT2D eigenvalue weighted by Crippen LogP contribution is 2.36. The predicted molar refractivity (Wildman–Crippen MR) is 82.7 cm³/mol. The fourth-order valence-electron chi connectivity index (χ4n) is 2.26. The van der Waals surface area contributed by atoms with E-state index < -0.39 is 0 Å². The molecule has 1 atom stereocenters. The van der Waals surface area contributed by atoms with Crippen LogP contribution < -0.4 is 20.1 Å². The standard InChI is InChI=1S/C15H19ClN2O4/c1-3-22-14-11(16)6-9(7-12(14)21-2)15(20)18-10-4-5-13(19)17-8-10/h6-7,10H,3-5,8H2,1-2H3,(H,17,19)(H,18,20)/t10-/m0/s1. The van der Waals surface area contributed by atoms with Crippen molar-refractivity contribution in [3.8, 4) is 11.5 Å². The first-order valence-electron chi connectivity index (χ1n) is 7.13. The molecule has 0 aliphatic carbocycles. The van der Waals surface area contributed by atoms with Gasteiger partial charge in [-0.05, 0) is 25.5 Å². The molecule has 0 saturated carbocycles. The molecule has 22 heavy (non-hydrogen) atoms. The molecular formula is C15H19ClN2O4. The molecule has 2 N–H and O–H groups in total. The highest BCUT2D eigenvalue weighted by Gasteiger charge is 2.21. The molecule has 6 nitrogen and oxygen atoms in total. The average molecular weight is 327 g/mol. The Bertz CT molecular complexity index is 567. The van der Waals surface area contributed by atoms with Gasteiger partial charge >= 0.3 is 0 Å². The Kier molecular flexibility index (Phi) is 5.49. The molecule has 0 bridgehead atoms. The third-order valence-corrected chi connectivity index (χ3v) is 3.66. The molecule has 2 rings (SSSR count). The van der Waals surface area contributed by atoms with Gasteiger partial charge in [-0.3, -0.25) is 9.59 Å². The number of rotatable bonds is 5. The van der Waals surface area contributed by atoms with E-state index in [4.69, 9.17) is 21.1 Å². The fraction of sp³-hybridized carbons (Fsp3) is 0.467. The largest absolute Gasteiger partial charge is 0.493 e. The summed E-state index contributed by atoms with van der Waals surface area (Å²) in [7, 11) is 1.49. The summed E-state index contributed by atoms with van der Waals surface area (Å²) in [5.41, 5.74) is 0.391. The van der Waals surface area contributed by atoms with Crippen LogP contribution in [0.2, 0.25) is 5.02 Å². The quantitative estimate of drug-likeness (QED) is 0.864. The van der Waals surface area contributed by atoms with E-state index in [1.165, 1.54) is 7.11 Å². The molecule has 1 aliphatic heterocycles. The molecule has 1 aliphatic rings. The minimum absolute atomic E-state index is 0.0104. The summed E-state index contributed by atoms with van der Waals surface area (Å²) >= 11 is 6.16. The number of carbonyl (C=O) groups is 2. The average Bonchev–Trinajstić information content (AvgIpc) is 2.51. The lowest BCUT2D eigenvalue weighted by Gasteiger charge is -2.23. The van der Waals surface area contributed by atoms with Gasteiger partial charge in [0.05, 0.1) is 18.7 Å². The molecule has 1 heterocycles. The van der Waals surface area contributed by atoms with Crippen LogP contribution in [0.4, 0.5) is 0 Å². The summed E-state index contributed by atoms with van der Waals surface area (Å²) < 4.78 is 10.6. The Morgan fingerprint density at radius 3 is 2.86 bits per heavy atom. The van der Waals surface area contributed by atoms with E-state index in [-0.39, 0.29) is 17.9 Å². The Balaban J connectivity index is 2.12. The number of nitrogens with one attached hydrogen (secondary N) is 2. The number of piperidine rings is 1. The molecule has 120 valence electrons. The summed E-state index contributed by atoms with van der Waals surface area (Å²) in [5, 5.41) is 5.92. The highest BCUT2D eigenvalue weighted by molar-refractivity contribution is 6.32. The Labute approximate surface area is 134 Å². The van der Waals surface area contributed by atoms with E-state index in [2.05, 4.69) is 10.6 Å². The second-order valence-corrected chi connectivity index (χ2v) is 5.34. The lowest BCUT2D eigenvalue weighted by atomic mass is 10.1. The molecule has 0 spiro atoms. The number of hydrogen-bond donors (Lipinski definition) is 2. The predicted octanol–water partition coefficient (Wildman–Crippen LogP) is 1.76. The SMILES string of the molecule is CCOc1c(Cl)cc(C(=O)N[C@H]2CCC(=O)NC2)cc1OC. The van der Waals surface area contributed by atoms with Gasteiger partial charge in [-0.25, -0.2) is 0 Å². The minimum Gasteiger partial charge on any atom is -0.493 e. The number of amides is 2. The molecule has 7 heteroatoms. The van der Waals surface area contributed by atoms with Crippen LogP contribution in [0.15, 0.2) is 12.1 Å². The van der Waals surface area contributed by atoms with E-state index in [0.717, 1.165) is 0 Å². The monoisotopic (exact) mass is 326 g/mol. The molecule has 1 aromatic rings. The topological polar surface area (TPSA) is 76.7 Å². The number of halogens is 1. The van der Waals surface area contributed by atoms with Gasteiger partial charge in [0.15, 0.2) is 11.5 Å². The number of carbonyl (C=O) groups excluding carboxylic acids is 2. The Hall–Kier alpha value is -1.95. The molecule has 1 aromatic carbocycles. The zero-order chi connectivity index (χ0) is 16.1. The van der Waals surface area contributed by atoms with E-state index in [0.29, 0.717) is 48.1 Å². The Morgan fingerprint density at radius 2 is 2.27 bits per heavy atom. The third kappa shape index (κ3) is 3.82. The maximum absolute atomic E-state index is 12.3. The van der Waals surface area contributed by atoms with Crippen LogP contribution in [-0.4, -0.2) is 38.1 Å². The van der Waals surface area contributed by atoms with Gasteiger partial charge < -0.3 is 20.1 Å². The summed E-state index contributed by atoms with van der Waals surface area (Å²) in [6.07, 6.45) is 1.04. The molecular weight excluding hydrogens is 308 g/mol. The number of methoxy groups -OCH3 is 1. The first-order valence-corrected chi connectivity index (χ1v) is 7.50. The van der Waals surface area contributed by atoms with E-state index in [1.54, 1.807) is 12.1 Å². The molecule has 1 fully saturated rings. The summed E-state index contributed by atoms with van der Waals surface area (Å²) in [6.45, 7) is 2.73. The lowest BCUT2D eigenvalue weighted by molar-refractivity contribution is -0.122. The van der Waals surface area contributed by atoms with Crippen LogP contribution in [0.3, 0.4) is 0 Å². The first kappa shape index (κ1) is 16.4. The van der Waals surface area contributed by atoms with Gasteiger partial charge in [0.25, 0.3) is 5.91 Å². The van der Waals surface area contributed by atoms with Crippen LogP contribution in [0, 0.1) is 0 Å². The van der Waals surface area contributed by atoms with Gasteiger partial charge in [-0.1, -0.05) is 11.6 Å². The molecule has 0 aromatic heterocycles. The maximum Gasteiger partial charge on any atom is 0.251 e. The highest BCUT2D eigenvalue weighted by atomic mass is 35.5. The van der Waals surface area contributed by atoms with Gasteiger partial charge in [0.2, 0.25) is 5.91 Å². The second-order valence-electron chi connectivity index (χ2n) is 4.94. The second kappa shape index (κ2) is 7.35. The smallest absolute Gasteiger partial charge is 0.251 e. The van der Waals surface area contributed by atoms with Crippen molar-refractivity contribution in [2.45, 2.75) is 25.8 Å². The van der Waals surface area contributed by atoms with Gasteiger partial charge in [-0.15, -0.1) is 0 Å². The van der Waals surface area contributed by atoms with Gasteiger partial charge in [0, 0.05) is 24.6 Å². The number of benzene rings is 1. The van der Waals surface area contributed by atoms with Crippen molar-refractivity contribution in [1.29, 1.82) is 0 Å². The van der Waals surface area contributed by atoms with Crippen LogP contribution in [0.5, 0.6) is 11.5 Å². The maximum atomic E-state index is 12.3. The van der Waals surface area contributed by atoms with E-state index >= 15 is 0 Å². The van der Waals surface area contributed by atoms with Crippen LogP contribution in [0.25, 0.3) is 0 Å². The van der Waals surface area contributed by atoms with Crippen molar-refractivity contribution in [1.82, 2.24) is 10.6 Å². The van der Waals surface area contributed by atoms with Gasteiger partial charge in [-0.2, -0.15) is 0 Å². The Morgan fingerprint density at radius 1 is 1.50 bits per heavy atom. The zero-order valence-corrected chi connectivity index (χ0v) is 13.3. The van der Waals surface area contributed by atoms with Crippen LogP contribution >= 0.6 is 11.6 Å². The minimum atomic E-state index is -0.260. The van der Waals surface area contributed by atoms with E-state index in [9.17, 15) is 9.59 Å². The summed E-state index contributed by atoms with van der Waals surface area (Å²) in [5.74, 6) is 0.588. The number of ether oxygens (including phenoxy) is 2. The normalized spacial score (nSPS) is 17.6. The molecule has 0 unspecified atom stereocenters. The number of hydrogen-bond acceptors (Lipinski definition) is 4. The van der Waals surface area contributed by atoms with Crippen molar-refractivity contribution in [2.24, 2.45) is 0 Å². The van der Waals surface area contributed by atoms with Crippen molar-refractivity contribution in [2.75, 3.05) is 20.3 Å². The molecule has 1 saturated heterocycles. The van der Waals surface area contributed by atoms with Gasteiger partial charge in [0.1, 0.15) is 0 Å². The van der Waals surface area contributed by atoms with Crippen molar-refractivity contribution in [3.63, 3.8) is 0 Å².